The van der Waals surface area contributed by atoms with Crippen molar-refractivity contribution in [1.82, 2.24) is 20.2 Å². The third kappa shape index (κ3) is 4.49. The molecular weight excluding hydrogens is 418 g/mol. The summed E-state index contributed by atoms with van der Waals surface area (Å²) in [6.45, 7) is 6.09. The van der Waals surface area contributed by atoms with Crippen LogP contribution in [0.2, 0.25) is 0 Å². The van der Waals surface area contributed by atoms with Gasteiger partial charge in [-0.1, -0.05) is 13.8 Å². The molecule has 4 rings (SSSR count). The van der Waals surface area contributed by atoms with Gasteiger partial charge < -0.3 is 20.4 Å². The number of halogens is 2. The van der Waals surface area contributed by atoms with Crippen LogP contribution in [0.25, 0.3) is 0 Å². The van der Waals surface area contributed by atoms with Crippen molar-refractivity contribution in [1.29, 1.82) is 0 Å². The topological polar surface area (TPSA) is 90.5 Å². The zero-order chi connectivity index (χ0) is 23.2. The van der Waals surface area contributed by atoms with Crippen LogP contribution in [0.1, 0.15) is 51.0 Å². The molecule has 0 bridgehead atoms. The second-order valence-corrected chi connectivity index (χ2v) is 9.74. The van der Waals surface area contributed by atoms with Crippen LogP contribution in [0.5, 0.6) is 0 Å². The Morgan fingerprint density at radius 2 is 1.91 bits per heavy atom. The average Bonchev–Trinajstić information content (AvgIpc) is 2.67. The lowest BCUT2D eigenvalue weighted by Crippen LogP contribution is -2.53. The highest BCUT2D eigenvalue weighted by atomic mass is 19.3. The summed E-state index contributed by atoms with van der Waals surface area (Å²) in [6, 6.07) is -0.467. The second kappa shape index (κ2) is 8.44. The first-order valence-electron chi connectivity index (χ1n) is 11.4. The summed E-state index contributed by atoms with van der Waals surface area (Å²) < 4.78 is 26.6. The van der Waals surface area contributed by atoms with E-state index in [1.165, 1.54) is 4.90 Å². The lowest BCUT2D eigenvalue weighted by molar-refractivity contribution is -0.118. The number of rotatable bonds is 4. The van der Waals surface area contributed by atoms with Gasteiger partial charge in [-0.3, -0.25) is 4.79 Å². The molecule has 176 valence electrons. The molecule has 3 amide bonds. The Balaban J connectivity index is 1.32. The van der Waals surface area contributed by atoms with Gasteiger partial charge in [-0.05, 0) is 31.6 Å². The number of nitrogens with zero attached hydrogens (tertiary/aromatic N) is 4. The van der Waals surface area contributed by atoms with E-state index in [1.54, 1.807) is 0 Å². The number of likely N-dealkylation sites (N-methyl/N-ethyl adjacent to an activating group) is 1. The molecule has 0 unspecified atom stereocenters. The first-order chi connectivity index (χ1) is 15.0. The van der Waals surface area contributed by atoms with Crippen LogP contribution in [0.3, 0.4) is 0 Å². The Labute approximate surface area is 187 Å². The molecule has 0 aromatic carbocycles. The van der Waals surface area contributed by atoms with Crippen LogP contribution >= 0.6 is 0 Å². The van der Waals surface area contributed by atoms with Gasteiger partial charge in [-0.25, -0.2) is 23.5 Å². The number of aromatic nitrogens is 2. The fraction of sp³-hybridized carbons (Fsp3) is 0.727. The highest BCUT2D eigenvalue weighted by molar-refractivity contribution is 6.03. The molecule has 1 saturated heterocycles. The normalized spacial score (nSPS) is 27.0. The maximum atomic E-state index is 13.3. The number of fused-ring (bicyclic) bond motifs is 1. The van der Waals surface area contributed by atoms with Gasteiger partial charge in [0.05, 0.1) is 5.69 Å². The molecule has 1 aromatic rings. The number of hydrogen-bond acceptors (Lipinski definition) is 5. The van der Waals surface area contributed by atoms with Gasteiger partial charge >= 0.3 is 6.03 Å². The third-order valence-corrected chi connectivity index (χ3v) is 6.83. The Morgan fingerprint density at radius 1 is 1.25 bits per heavy atom. The van der Waals surface area contributed by atoms with Crippen LogP contribution in [0, 0.1) is 18.8 Å². The minimum atomic E-state index is -2.66. The van der Waals surface area contributed by atoms with Crippen molar-refractivity contribution >= 4 is 23.4 Å². The molecule has 2 fully saturated rings. The lowest BCUT2D eigenvalue weighted by Gasteiger charge is -2.39. The van der Waals surface area contributed by atoms with Crippen LogP contribution in [0.15, 0.2) is 0 Å². The fourth-order valence-electron chi connectivity index (χ4n) is 4.94. The number of nitrogens with one attached hydrogen (secondary N) is 2. The number of carbonyl (C=O) groups excluding carboxylic acids is 2. The van der Waals surface area contributed by atoms with Gasteiger partial charge in [0.1, 0.15) is 17.6 Å². The largest absolute Gasteiger partial charge is 0.346 e. The van der Waals surface area contributed by atoms with E-state index in [1.807, 2.05) is 32.7 Å². The number of alkyl halides is 2. The standard InChI is InChI=1S/C22H32F2N6O2/c1-12(2)18-20(31)28-17-13(3)25-16(27-19(17)29(18)4)11-14-9-15(10-14)26-21(32)30-7-5-22(23,24)6-8-30/h12,14-15,18H,5-11H2,1-4H3,(H,26,32)(H,28,31)/t14?,15?,18-/m0/s1. The van der Waals surface area contributed by atoms with Crippen molar-refractivity contribution in [3.05, 3.63) is 11.5 Å². The molecule has 32 heavy (non-hydrogen) atoms. The van der Waals surface area contributed by atoms with Crippen molar-refractivity contribution < 1.29 is 18.4 Å². The van der Waals surface area contributed by atoms with E-state index in [0.717, 1.165) is 30.2 Å². The van der Waals surface area contributed by atoms with E-state index < -0.39 is 5.92 Å². The number of likely N-dealkylation sites (tertiary alicyclic amines) is 1. The molecule has 2 N–H and O–H groups in total. The molecule has 3 aliphatic rings. The van der Waals surface area contributed by atoms with Crippen LogP contribution < -0.4 is 15.5 Å². The third-order valence-electron chi connectivity index (χ3n) is 6.83. The number of aryl methyl sites for hydroxylation is 1. The first-order valence-corrected chi connectivity index (χ1v) is 11.4. The van der Waals surface area contributed by atoms with Crippen LogP contribution in [-0.2, 0) is 11.2 Å². The monoisotopic (exact) mass is 450 g/mol. The predicted molar refractivity (Wildman–Crippen MR) is 117 cm³/mol. The van der Waals surface area contributed by atoms with E-state index in [4.69, 9.17) is 4.98 Å². The fourth-order valence-corrected chi connectivity index (χ4v) is 4.94. The SMILES string of the molecule is Cc1nc(CC2CC(NC(=O)N3CCC(F)(F)CC3)C2)nc2c1NC(=O)[C@H](C(C)C)N2C. The van der Waals surface area contributed by atoms with E-state index in [0.29, 0.717) is 18.0 Å². The molecule has 0 spiro atoms. The van der Waals surface area contributed by atoms with E-state index in [-0.39, 0.29) is 55.9 Å². The molecule has 1 aromatic heterocycles. The van der Waals surface area contributed by atoms with Crippen LogP contribution in [-0.4, -0.2) is 64.9 Å². The summed E-state index contributed by atoms with van der Waals surface area (Å²) in [6.07, 6.45) is 1.79. The summed E-state index contributed by atoms with van der Waals surface area (Å²) in [5, 5.41) is 5.92. The minimum Gasteiger partial charge on any atom is -0.346 e. The highest BCUT2D eigenvalue weighted by Gasteiger charge is 2.38. The second-order valence-electron chi connectivity index (χ2n) is 9.74. The zero-order valence-electron chi connectivity index (χ0n) is 19.1. The number of hydrogen-bond donors (Lipinski definition) is 2. The summed E-state index contributed by atoms with van der Waals surface area (Å²) >= 11 is 0. The van der Waals surface area contributed by atoms with Gasteiger partial charge in [-0.2, -0.15) is 0 Å². The lowest BCUT2D eigenvalue weighted by atomic mass is 9.78. The molecule has 8 nitrogen and oxygen atoms in total. The highest BCUT2D eigenvalue weighted by Crippen LogP contribution is 2.36. The number of carbonyl (C=O) groups is 2. The van der Waals surface area contributed by atoms with E-state index >= 15 is 0 Å². The maximum Gasteiger partial charge on any atom is 0.317 e. The summed E-state index contributed by atoms with van der Waals surface area (Å²) in [4.78, 5) is 37.6. The van der Waals surface area contributed by atoms with Crippen molar-refractivity contribution in [2.24, 2.45) is 11.8 Å². The average molecular weight is 451 g/mol. The number of anilines is 2. The van der Waals surface area contributed by atoms with Crippen molar-refractivity contribution in [2.45, 2.75) is 70.9 Å². The first kappa shape index (κ1) is 22.7. The van der Waals surface area contributed by atoms with Crippen molar-refractivity contribution in [3.63, 3.8) is 0 Å². The van der Waals surface area contributed by atoms with Crippen molar-refractivity contribution in [3.8, 4) is 0 Å². The van der Waals surface area contributed by atoms with Gasteiger partial charge in [0.25, 0.3) is 5.92 Å². The molecule has 3 heterocycles. The Kier molecular flexibility index (Phi) is 5.98. The summed E-state index contributed by atoms with van der Waals surface area (Å²) in [5.74, 6) is -0.708. The van der Waals surface area contributed by atoms with Gasteiger partial charge in [-0.15, -0.1) is 0 Å². The van der Waals surface area contributed by atoms with Crippen molar-refractivity contribution in [2.75, 3.05) is 30.4 Å². The number of amides is 3. The van der Waals surface area contributed by atoms with Gasteiger partial charge in [0, 0.05) is 45.4 Å². The minimum absolute atomic E-state index is 0.0375. The molecule has 1 aliphatic carbocycles. The smallest absolute Gasteiger partial charge is 0.317 e. The Morgan fingerprint density at radius 3 is 2.53 bits per heavy atom. The summed E-state index contributed by atoms with van der Waals surface area (Å²) in [7, 11) is 1.89. The van der Waals surface area contributed by atoms with E-state index in [2.05, 4.69) is 15.6 Å². The predicted octanol–water partition coefficient (Wildman–Crippen LogP) is 2.96. The van der Waals surface area contributed by atoms with Crippen LogP contribution in [0.4, 0.5) is 25.1 Å². The Bertz CT molecular complexity index is 893. The van der Waals surface area contributed by atoms with Gasteiger partial charge in [0.2, 0.25) is 5.91 Å². The molecule has 10 heteroatoms. The maximum absolute atomic E-state index is 13.3. The number of piperidine rings is 1. The molecular formula is C22H32F2N6O2. The zero-order valence-corrected chi connectivity index (χ0v) is 19.1. The van der Waals surface area contributed by atoms with Gasteiger partial charge in [0.15, 0.2) is 5.82 Å². The quantitative estimate of drug-likeness (QED) is 0.736. The molecule has 2 aliphatic heterocycles. The molecule has 1 atom stereocenters. The molecule has 0 radical (unpaired) electrons. The number of urea groups is 1. The Hall–Kier alpha value is -2.52. The van der Waals surface area contributed by atoms with E-state index in [9.17, 15) is 18.4 Å². The molecule has 1 saturated carbocycles. The summed E-state index contributed by atoms with van der Waals surface area (Å²) in [5.41, 5.74) is 1.42.